The summed E-state index contributed by atoms with van der Waals surface area (Å²) in [6.45, 7) is 0.112. The van der Waals surface area contributed by atoms with E-state index < -0.39 is 5.82 Å². The first-order chi connectivity index (χ1) is 8.61. The van der Waals surface area contributed by atoms with Crippen molar-refractivity contribution in [3.63, 3.8) is 0 Å². The van der Waals surface area contributed by atoms with Crippen LogP contribution >= 0.6 is 0 Å². The largest absolute Gasteiger partial charge is 0.365 e. The second kappa shape index (κ2) is 5.16. The van der Waals surface area contributed by atoms with E-state index in [9.17, 15) is 14.0 Å². The minimum Gasteiger partial charge on any atom is -0.365 e. The van der Waals surface area contributed by atoms with Crippen LogP contribution in [0.1, 0.15) is 23.2 Å². The molecular formula is C13H15FN2O2. The van der Waals surface area contributed by atoms with Gasteiger partial charge in [-0.3, -0.25) is 9.59 Å². The number of likely N-dealkylation sites (N-methyl/N-ethyl adjacent to an activating group) is 1. The molecule has 1 N–H and O–H groups in total. The molecule has 0 bridgehead atoms. The van der Waals surface area contributed by atoms with Gasteiger partial charge in [0.2, 0.25) is 5.91 Å². The Kier molecular flexibility index (Phi) is 3.60. The molecular weight excluding hydrogens is 235 g/mol. The predicted molar refractivity (Wildman–Crippen MR) is 66.2 cm³/mol. The first kappa shape index (κ1) is 12.5. The van der Waals surface area contributed by atoms with Crippen molar-refractivity contribution in [2.24, 2.45) is 0 Å². The van der Waals surface area contributed by atoms with E-state index in [0.29, 0.717) is 18.0 Å². The summed E-state index contributed by atoms with van der Waals surface area (Å²) in [7, 11) is 1.66. The molecule has 5 heteroatoms. The van der Waals surface area contributed by atoms with Crippen LogP contribution in [0.25, 0.3) is 0 Å². The Morgan fingerprint density at radius 2 is 2.28 bits per heavy atom. The molecule has 0 unspecified atom stereocenters. The third-order valence-corrected chi connectivity index (χ3v) is 2.88. The molecule has 1 aliphatic carbocycles. The van der Waals surface area contributed by atoms with Crippen molar-refractivity contribution in [3.05, 3.63) is 29.6 Å². The number of nitrogens with zero attached hydrogens (tertiary/aromatic N) is 1. The van der Waals surface area contributed by atoms with Gasteiger partial charge < -0.3 is 10.2 Å². The molecule has 1 aromatic rings. The van der Waals surface area contributed by atoms with Gasteiger partial charge in [-0.25, -0.2) is 4.39 Å². The van der Waals surface area contributed by atoms with Crippen molar-refractivity contribution >= 4 is 17.9 Å². The van der Waals surface area contributed by atoms with Gasteiger partial charge in [0.25, 0.3) is 0 Å². The lowest BCUT2D eigenvalue weighted by Gasteiger charge is -2.20. The molecule has 0 saturated heterocycles. The van der Waals surface area contributed by atoms with Crippen LogP contribution in [0.2, 0.25) is 0 Å². The molecule has 0 aliphatic heterocycles. The number of hydrogen-bond acceptors (Lipinski definition) is 3. The Bertz CT molecular complexity index is 472. The van der Waals surface area contributed by atoms with Crippen LogP contribution in [0.3, 0.4) is 0 Å². The molecule has 0 heterocycles. The molecule has 96 valence electrons. The number of anilines is 1. The lowest BCUT2D eigenvalue weighted by atomic mass is 10.1. The number of benzene rings is 1. The maximum atomic E-state index is 13.4. The van der Waals surface area contributed by atoms with E-state index >= 15 is 0 Å². The third kappa shape index (κ3) is 2.85. The van der Waals surface area contributed by atoms with Crippen LogP contribution in [0, 0.1) is 5.82 Å². The number of hydrogen-bond donors (Lipinski definition) is 1. The van der Waals surface area contributed by atoms with Gasteiger partial charge in [0.1, 0.15) is 5.82 Å². The van der Waals surface area contributed by atoms with Crippen LogP contribution in [0.4, 0.5) is 10.1 Å². The van der Waals surface area contributed by atoms with Crippen molar-refractivity contribution in [1.82, 2.24) is 5.32 Å². The zero-order valence-corrected chi connectivity index (χ0v) is 10.1. The summed E-state index contributed by atoms with van der Waals surface area (Å²) >= 11 is 0. The Balaban J connectivity index is 2.07. The number of carbonyl (C=O) groups excluding carboxylic acids is 2. The molecule has 0 aromatic heterocycles. The normalized spacial score (nSPS) is 14.1. The van der Waals surface area contributed by atoms with Crippen LogP contribution in [0.5, 0.6) is 0 Å². The summed E-state index contributed by atoms with van der Waals surface area (Å²) in [6, 6.07) is 4.67. The summed E-state index contributed by atoms with van der Waals surface area (Å²) in [5.74, 6) is -0.682. The van der Waals surface area contributed by atoms with Gasteiger partial charge in [-0.1, -0.05) is 6.07 Å². The number of nitrogens with one attached hydrogen (secondary N) is 1. The van der Waals surface area contributed by atoms with Crippen molar-refractivity contribution in [2.75, 3.05) is 18.5 Å². The highest BCUT2D eigenvalue weighted by molar-refractivity contribution is 5.88. The van der Waals surface area contributed by atoms with Crippen LogP contribution in [0.15, 0.2) is 18.2 Å². The van der Waals surface area contributed by atoms with Gasteiger partial charge in [-0.2, -0.15) is 0 Å². The highest BCUT2D eigenvalue weighted by Gasteiger charge is 2.24. The molecule has 1 aromatic carbocycles. The first-order valence-corrected chi connectivity index (χ1v) is 5.86. The molecule has 0 spiro atoms. The summed E-state index contributed by atoms with van der Waals surface area (Å²) < 4.78 is 13.4. The average Bonchev–Trinajstić information content (AvgIpc) is 3.12. The van der Waals surface area contributed by atoms with Gasteiger partial charge in [0.05, 0.1) is 17.8 Å². The average molecular weight is 250 g/mol. The fraction of sp³-hybridized carbons (Fsp3) is 0.385. The smallest absolute Gasteiger partial charge is 0.239 e. The molecule has 4 nitrogen and oxygen atoms in total. The quantitative estimate of drug-likeness (QED) is 0.803. The van der Waals surface area contributed by atoms with Gasteiger partial charge in [0.15, 0.2) is 6.29 Å². The summed E-state index contributed by atoms with van der Waals surface area (Å²) in [4.78, 5) is 24.1. The van der Waals surface area contributed by atoms with Gasteiger partial charge in [-0.05, 0) is 25.0 Å². The van der Waals surface area contributed by atoms with E-state index in [1.54, 1.807) is 18.0 Å². The molecule has 1 saturated carbocycles. The standard InChI is InChI=1S/C13H15FN2O2/c1-16(7-13(18)15-9-5-6-9)12-4-2-3-11(14)10(12)8-17/h2-4,8-9H,5-7H2,1H3,(H,15,18). The van der Waals surface area contributed by atoms with Gasteiger partial charge in [-0.15, -0.1) is 0 Å². The van der Waals surface area contributed by atoms with Gasteiger partial charge >= 0.3 is 0 Å². The maximum Gasteiger partial charge on any atom is 0.239 e. The van der Waals surface area contributed by atoms with E-state index in [1.807, 2.05) is 0 Å². The Morgan fingerprint density at radius 1 is 1.56 bits per heavy atom. The SMILES string of the molecule is CN(CC(=O)NC1CC1)c1cccc(F)c1C=O. The van der Waals surface area contributed by atoms with E-state index in [1.165, 1.54) is 12.1 Å². The summed E-state index contributed by atoms with van der Waals surface area (Å²) in [5.41, 5.74) is 0.412. The zero-order valence-electron chi connectivity index (χ0n) is 10.1. The molecule has 1 aliphatic rings. The first-order valence-electron chi connectivity index (χ1n) is 5.86. The van der Waals surface area contributed by atoms with Crippen LogP contribution in [-0.2, 0) is 4.79 Å². The Morgan fingerprint density at radius 3 is 2.89 bits per heavy atom. The third-order valence-electron chi connectivity index (χ3n) is 2.88. The topological polar surface area (TPSA) is 49.4 Å². The van der Waals surface area contributed by atoms with Crippen molar-refractivity contribution in [3.8, 4) is 0 Å². The second-order valence-corrected chi connectivity index (χ2v) is 4.49. The van der Waals surface area contributed by atoms with Crippen molar-refractivity contribution in [1.29, 1.82) is 0 Å². The predicted octanol–water partition coefficient (Wildman–Crippen LogP) is 1.35. The highest BCUT2D eigenvalue weighted by atomic mass is 19.1. The lowest BCUT2D eigenvalue weighted by Crippen LogP contribution is -2.36. The number of aldehydes is 1. The Hall–Kier alpha value is -1.91. The highest BCUT2D eigenvalue weighted by Crippen LogP contribution is 2.21. The van der Waals surface area contributed by atoms with Crippen LogP contribution < -0.4 is 10.2 Å². The fourth-order valence-electron chi connectivity index (χ4n) is 1.78. The van der Waals surface area contributed by atoms with E-state index in [-0.39, 0.29) is 18.0 Å². The molecule has 2 rings (SSSR count). The summed E-state index contributed by atoms with van der Waals surface area (Å²) in [6.07, 6.45) is 2.52. The van der Waals surface area contributed by atoms with E-state index in [0.717, 1.165) is 12.8 Å². The molecule has 1 fully saturated rings. The van der Waals surface area contributed by atoms with E-state index in [4.69, 9.17) is 0 Å². The van der Waals surface area contributed by atoms with Crippen molar-refractivity contribution < 1.29 is 14.0 Å². The summed E-state index contributed by atoms with van der Waals surface area (Å²) in [5, 5.41) is 2.84. The minimum absolute atomic E-state index is 0.0146. The zero-order chi connectivity index (χ0) is 13.1. The van der Waals surface area contributed by atoms with E-state index in [2.05, 4.69) is 5.32 Å². The van der Waals surface area contributed by atoms with Gasteiger partial charge in [0, 0.05) is 13.1 Å². The number of carbonyl (C=O) groups is 2. The molecule has 1 amide bonds. The van der Waals surface area contributed by atoms with Crippen molar-refractivity contribution in [2.45, 2.75) is 18.9 Å². The lowest BCUT2D eigenvalue weighted by molar-refractivity contribution is -0.119. The number of halogens is 1. The molecule has 0 atom stereocenters. The maximum absolute atomic E-state index is 13.4. The number of rotatable bonds is 5. The minimum atomic E-state index is -0.572. The second-order valence-electron chi connectivity index (χ2n) is 4.49. The molecule has 18 heavy (non-hydrogen) atoms. The molecule has 0 radical (unpaired) electrons. The Labute approximate surface area is 105 Å². The monoisotopic (exact) mass is 250 g/mol. The van der Waals surface area contributed by atoms with Crippen LogP contribution in [-0.4, -0.2) is 31.8 Å². The number of amides is 1. The fourth-order valence-corrected chi connectivity index (χ4v) is 1.78.